The molecular weight excluding hydrogens is 459 g/mol. The number of fused-ring (bicyclic) bond motifs is 1. The van der Waals surface area contributed by atoms with E-state index < -0.39 is 18.0 Å². The van der Waals surface area contributed by atoms with Gasteiger partial charge in [0.2, 0.25) is 0 Å². The zero-order valence-corrected chi connectivity index (χ0v) is 18.8. The molecule has 0 aliphatic rings. The Labute approximate surface area is 193 Å². The quantitative estimate of drug-likeness (QED) is 0.151. The van der Waals surface area contributed by atoms with Crippen molar-refractivity contribution in [1.82, 2.24) is 5.16 Å². The number of hydrogen-bond donors (Lipinski definition) is 2. The molecule has 1 atom stereocenters. The van der Waals surface area contributed by atoms with Gasteiger partial charge in [-0.3, -0.25) is 0 Å². The predicted molar refractivity (Wildman–Crippen MR) is 119 cm³/mol. The van der Waals surface area contributed by atoms with Gasteiger partial charge in [0.1, 0.15) is 5.75 Å². The lowest BCUT2D eigenvalue weighted by Gasteiger charge is -2.23. The lowest BCUT2D eigenvalue weighted by atomic mass is 9.97. The van der Waals surface area contributed by atoms with Gasteiger partial charge in [-0.25, -0.2) is 0 Å². The Bertz CT molecular complexity index is 1160. The van der Waals surface area contributed by atoms with Crippen LogP contribution in [0.3, 0.4) is 0 Å². The topological polar surface area (TPSA) is 110 Å². The number of amidine groups is 1. The second-order valence-corrected chi connectivity index (χ2v) is 7.86. The minimum absolute atomic E-state index is 0.0228. The highest BCUT2D eigenvalue weighted by Gasteiger charge is 2.38. The maximum Gasteiger partial charge on any atom is 0.437 e. The Hall–Kier alpha value is -3.14. The Kier molecular flexibility index (Phi) is 7.57. The zero-order chi connectivity index (χ0) is 24.2. The molecule has 0 saturated carbocycles. The highest BCUT2D eigenvalue weighted by Crippen LogP contribution is 2.42. The molecule has 0 amide bonds. The van der Waals surface area contributed by atoms with Gasteiger partial charge in [-0.1, -0.05) is 60.8 Å². The average molecular weight is 482 g/mol. The Morgan fingerprint density at radius 2 is 1.88 bits per heavy atom. The lowest BCUT2D eigenvalue weighted by Crippen LogP contribution is -2.27. The summed E-state index contributed by atoms with van der Waals surface area (Å²) in [6, 6.07) is 8.08. The van der Waals surface area contributed by atoms with Crippen molar-refractivity contribution in [2.75, 3.05) is 0 Å². The van der Waals surface area contributed by atoms with Gasteiger partial charge in [0, 0.05) is 16.1 Å². The summed E-state index contributed by atoms with van der Waals surface area (Å²) in [5, 5.41) is 10.3. The van der Waals surface area contributed by atoms with Gasteiger partial charge >= 0.3 is 6.18 Å². The monoisotopic (exact) mass is 481 g/mol. The normalized spacial score (nSPS) is 13.3. The van der Waals surface area contributed by atoms with Gasteiger partial charge < -0.3 is 15.0 Å². The molecular formula is C22H23ClF3N5O2. The molecule has 0 radical (unpaired) electrons. The molecule has 11 heteroatoms. The van der Waals surface area contributed by atoms with Crippen molar-refractivity contribution in [3.05, 3.63) is 57.7 Å². The zero-order valence-electron chi connectivity index (χ0n) is 18.0. The summed E-state index contributed by atoms with van der Waals surface area (Å²) in [6.07, 6.45) is -3.47. The summed E-state index contributed by atoms with van der Waals surface area (Å²) in [4.78, 5) is 0. The van der Waals surface area contributed by atoms with Crippen molar-refractivity contribution in [1.29, 1.82) is 5.53 Å². The fourth-order valence-corrected chi connectivity index (χ4v) is 3.76. The highest BCUT2D eigenvalue weighted by atomic mass is 35.5. The van der Waals surface area contributed by atoms with Crippen molar-refractivity contribution in [3.63, 3.8) is 0 Å². The van der Waals surface area contributed by atoms with E-state index in [0.717, 1.165) is 0 Å². The first-order valence-corrected chi connectivity index (χ1v) is 10.7. The molecule has 3 aromatic rings. The molecule has 1 heterocycles. The minimum Gasteiger partial charge on any atom is -0.477 e. The SMILES string of the molecule is CCCc1cc2c(C(F)(F)F)noc2c(CCC)c1OC(/C(N)=N/N=N)c1ccc(Cl)cc1. The molecule has 176 valence electrons. The van der Waals surface area contributed by atoms with Crippen LogP contribution in [0.15, 0.2) is 45.2 Å². The molecule has 2 aromatic carbocycles. The van der Waals surface area contributed by atoms with E-state index >= 15 is 0 Å². The first-order chi connectivity index (χ1) is 15.7. The molecule has 3 rings (SSSR count). The van der Waals surface area contributed by atoms with Crippen LogP contribution < -0.4 is 10.5 Å². The molecule has 0 spiro atoms. The average Bonchev–Trinajstić information content (AvgIpc) is 3.19. The van der Waals surface area contributed by atoms with E-state index in [0.29, 0.717) is 53.1 Å². The maximum absolute atomic E-state index is 13.5. The van der Waals surface area contributed by atoms with E-state index in [4.69, 9.17) is 32.1 Å². The van der Waals surface area contributed by atoms with Gasteiger partial charge in [0.25, 0.3) is 0 Å². The first kappa shape index (κ1) is 24.5. The Morgan fingerprint density at radius 3 is 2.45 bits per heavy atom. The Morgan fingerprint density at radius 1 is 1.21 bits per heavy atom. The third-order valence-corrected chi connectivity index (χ3v) is 5.27. The summed E-state index contributed by atoms with van der Waals surface area (Å²) >= 11 is 5.99. The van der Waals surface area contributed by atoms with Crippen LogP contribution in [0.1, 0.15) is 55.2 Å². The highest BCUT2D eigenvalue weighted by molar-refractivity contribution is 6.30. The number of nitrogens with two attached hydrogens (primary N) is 1. The fourth-order valence-electron chi connectivity index (χ4n) is 3.63. The molecule has 33 heavy (non-hydrogen) atoms. The van der Waals surface area contributed by atoms with Crippen LogP contribution in [0.25, 0.3) is 11.0 Å². The van der Waals surface area contributed by atoms with E-state index in [1.54, 1.807) is 24.3 Å². The molecule has 7 nitrogen and oxygen atoms in total. The number of aromatic nitrogens is 1. The van der Waals surface area contributed by atoms with Crippen LogP contribution in [-0.2, 0) is 19.0 Å². The standard InChI is InChI=1S/C22H23ClF3N5O2/c1-3-5-13-11-16-19(33-30-20(16)22(24,25)26)15(6-4-2)17(13)32-18(21(27)29-31-28)12-7-9-14(23)10-8-12/h7-11,18H,3-6H2,1-2H3,(H3,27,28,29). The number of alkyl halides is 3. The van der Waals surface area contributed by atoms with Crippen LogP contribution in [0.5, 0.6) is 5.75 Å². The molecule has 3 N–H and O–H groups in total. The number of nitrogens with zero attached hydrogens (tertiary/aromatic N) is 3. The summed E-state index contributed by atoms with van der Waals surface area (Å²) in [5.41, 5.74) is 13.7. The smallest absolute Gasteiger partial charge is 0.437 e. The summed E-state index contributed by atoms with van der Waals surface area (Å²) < 4.78 is 52.0. The molecule has 0 saturated heterocycles. The summed E-state index contributed by atoms with van der Waals surface area (Å²) in [6.45, 7) is 3.81. The van der Waals surface area contributed by atoms with Gasteiger partial charge in [0.05, 0.1) is 5.39 Å². The van der Waals surface area contributed by atoms with Crippen molar-refractivity contribution >= 4 is 28.4 Å². The van der Waals surface area contributed by atoms with Gasteiger partial charge in [-0.2, -0.15) is 18.7 Å². The number of hydrogen-bond acceptors (Lipinski definition) is 5. The number of aryl methyl sites for hydroxylation is 2. The molecule has 1 aromatic heterocycles. The largest absolute Gasteiger partial charge is 0.477 e. The first-order valence-electron chi connectivity index (χ1n) is 10.3. The molecule has 0 bridgehead atoms. The second-order valence-electron chi connectivity index (χ2n) is 7.42. The van der Waals surface area contributed by atoms with E-state index in [2.05, 4.69) is 15.5 Å². The third-order valence-electron chi connectivity index (χ3n) is 5.02. The van der Waals surface area contributed by atoms with E-state index in [9.17, 15) is 13.2 Å². The van der Waals surface area contributed by atoms with Crippen LogP contribution in [0.4, 0.5) is 13.2 Å². The van der Waals surface area contributed by atoms with Crippen molar-refractivity contribution in [3.8, 4) is 5.75 Å². The maximum atomic E-state index is 13.5. The van der Waals surface area contributed by atoms with Crippen LogP contribution in [-0.4, -0.2) is 11.0 Å². The van der Waals surface area contributed by atoms with Crippen molar-refractivity contribution in [2.45, 2.75) is 51.8 Å². The Balaban J connectivity index is 2.24. The van der Waals surface area contributed by atoms with Gasteiger partial charge in [-0.15, -0.1) is 5.10 Å². The van der Waals surface area contributed by atoms with Crippen LogP contribution in [0.2, 0.25) is 5.02 Å². The number of halogens is 4. The molecule has 0 aliphatic heterocycles. The fraction of sp³-hybridized carbons (Fsp3) is 0.364. The molecule has 1 unspecified atom stereocenters. The number of ether oxygens (including phenoxy) is 1. The van der Waals surface area contributed by atoms with E-state index in [1.165, 1.54) is 6.07 Å². The van der Waals surface area contributed by atoms with E-state index in [-0.39, 0.29) is 16.8 Å². The number of benzene rings is 2. The minimum atomic E-state index is -4.65. The van der Waals surface area contributed by atoms with Crippen molar-refractivity contribution in [2.24, 2.45) is 16.1 Å². The third kappa shape index (κ3) is 5.27. The van der Waals surface area contributed by atoms with Gasteiger partial charge in [0.15, 0.2) is 23.2 Å². The second kappa shape index (κ2) is 10.2. The van der Waals surface area contributed by atoms with E-state index in [1.807, 2.05) is 13.8 Å². The molecule has 0 fully saturated rings. The van der Waals surface area contributed by atoms with Crippen molar-refractivity contribution < 1.29 is 22.4 Å². The summed E-state index contributed by atoms with van der Waals surface area (Å²) in [5.74, 6) is 0.269. The number of nitrogens with one attached hydrogen (secondary N) is 1. The van der Waals surface area contributed by atoms with Crippen LogP contribution >= 0.6 is 11.6 Å². The summed E-state index contributed by atoms with van der Waals surface area (Å²) in [7, 11) is 0. The molecule has 0 aliphatic carbocycles. The van der Waals surface area contributed by atoms with Crippen LogP contribution in [0, 0.1) is 5.53 Å². The van der Waals surface area contributed by atoms with Gasteiger partial charge in [-0.05, 0) is 36.6 Å². The predicted octanol–water partition coefficient (Wildman–Crippen LogP) is 6.83. The lowest BCUT2D eigenvalue weighted by molar-refractivity contribution is -0.141. The number of rotatable bonds is 9.